The van der Waals surface area contributed by atoms with Crippen LogP contribution < -0.4 is 4.74 Å². The molecule has 1 aromatic carbocycles. The van der Waals surface area contributed by atoms with Gasteiger partial charge in [0.2, 0.25) is 11.7 Å². The van der Waals surface area contributed by atoms with Crippen LogP contribution in [0.4, 0.5) is 0 Å². The average molecular weight is 475 g/mol. The van der Waals surface area contributed by atoms with E-state index in [0.717, 1.165) is 11.1 Å². The van der Waals surface area contributed by atoms with Crippen molar-refractivity contribution in [1.82, 2.24) is 15.0 Å². The summed E-state index contributed by atoms with van der Waals surface area (Å²) in [7, 11) is 0. The normalized spacial score (nSPS) is 25.1. The van der Waals surface area contributed by atoms with Gasteiger partial charge in [-0.3, -0.25) is 9.59 Å². The number of allylic oxidation sites excluding steroid dienone is 3. The summed E-state index contributed by atoms with van der Waals surface area (Å²) in [5, 5.41) is 23.1. The lowest BCUT2D eigenvalue weighted by molar-refractivity contribution is -0.144. The van der Waals surface area contributed by atoms with E-state index >= 15 is 0 Å². The van der Waals surface area contributed by atoms with Gasteiger partial charge in [-0.15, -0.1) is 0 Å². The maximum Gasteiger partial charge on any atom is 0.323 e. The van der Waals surface area contributed by atoms with Crippen molar-refractivity contribution < 1.29 is 24.0 Å². The number of hydrogen-bond donors (Lipinski definition) is 1. The molecule has 1 aromatic heterocycles. The molecule has 5 rings (SSSR count). The van der Waals surface area contributed by atoms with Gasteiger partial charge in [0, 0.05) is 29.0 Å². The van der Waals surface area contributed by atoms with E-state index in [1.807, 2.05) is 26.0 Å². The van der Waals surface area contributed by atoms with Crippen LogP contribution in [0.1, 0.15) is 51.4 Å². The number of ether oxygens (including phenoxy) is 1. The fourth-order valence-corrected chi connectivity index (χ4v) is 5.87. The smallest absolute Gasteiger partial charge is 0.323 e. The van der Waals surface area contributed by atoms with Gasteiger partial charge in [-0.25, -0.2) is 0 Å². The minimum atomic E-state index is -1.00. The molecule has 2 fully saturated rings. The van der Waals surface area contributed by atoms with Gasteiger partial charge in [0.15, 0.2) is 0 Å². The number of aromatic nitrogens is 2. The van der Waals surface area contributed by atoms with Crippen LogP contribution in [0.3, 0.4) is 0 Å². The second-order valence-electron chi connectivity index (χ2n) is 9.86. The first-order chi connectivity index (χ1) is 16.7. The van der Waals surface area contributed by atoms with Crippen LogP contribution in [0.25, 0.3) is 17.0 Å². The van der Waals surface area contributed by atoms with Crippen molar-refractivity contribution >= 4 is 17.4 Å². The molecule has 9 nitrogen and oxygen atoms in total. The van der Waals surface area contributed by atoms with Gasteiger partial charge in [-0.1, -0.05) is 29.8 Å². The molecule has 1 unspecified atom stereocenters. The number of carboxylic acid groups (broad SMARTS) is 1. The molecule has 35 heavy (non-hydrogen) atoms. The topological polar surface area (TPSA) is 130 Å². The lowest BCUT2D eigenvalue weighted by Crippen LogP contribution is -2.46. The molecule has 0 radical (unpaired) electrons. The van der Waals surface area contributed by atoms with Crippen LogP contribution in [-0.2, 0) is 9.59 Å². The molecule has 3 atom stereocenters. The summed E-state index contributed by atoms with van der Waals surface area (Å²) in [5.74, 6) is 0.195. The Kier molecular flexibility index (Phi) is 5.47. The van der Waals surface area contributed by atoms with E-state index in [1.165, 1.54) is 4.90 Å². The van der Waals surface area contributed by atoms with Gasteiger partial charge in [-0.2, -0.15) is 10.2 Å². The number of carboxylic acids is 1. The van der Waals surface area contributed by atoms with Crippen molar-refractivity contribution in [3.8, 4) is 23.3 Å². The van der Waals surface area contributed by atoms with Crippen LogP contribution in [0.2, 0.25) is 0 Å². The van der Waals surface area contributed by atoms with Gasteiger partial charge in [0.05, 0.1) is 11.7 Å². The monoisotopic (exact) mass is 474 g/mol. The number of likely N-dealkylation sites (tertiary alicyclic amines) is 1. The Morgan fingerprint density at radius 2 is 2.20 bits per heavy atom. The zero-order valence-electron chi connectivity index (χ0n) is 19.8. The quantitative estimate of drug-likeness (QED) is 0.669. The standard InChI is InChI=1S/C26H26N4O5/c1-14(2)34-20-7-6-15(9-17(20)12-27)25-28-24(29-35-25)18-5-4-8-26(3)19(18)10-16-11-21(31)30(23(16)26)13-22(32)33/h4-7,9,14,16,23H,8,10-11,13H2,1-3H3,(H,32,33)/t16-,23+,26?/m0/s1. The lowest BCUT2D eigenvalue weighted by Gasteiger charge is -2.39. The van der Waals surface area contributed by atoms with E-state index in [-0.39, 0.29) is 35.9 Å². The van der Waals surface area contributed by atoms with Crippen molar-refractivity contribution in [1.29, 1.82) is 5.26 Å². The van der Waals surface area contributed by atoms with Gasteiger partial charge >= 0.3 is 5.97 Å². The van der Waals surface area contributed by atoms with E-state index < -0.39 is 5.97 Å². The van der Waals surface area contributed by atoms with Crippen LogP contribution in [0.15, 0.2) is 40.4 Å². The van der Waals surface area contributed by atoms with Gasteiger partial charge < -0.3 is 19.3 Å². The highest BCUT2D eigenvalue weighted by molar-refractivity contribution is 5.86. The molecule has 1 amide bonds. The first-order valence-corrected chi connectivity index (χ1v) is 11.7. The number of aliphatic carboxylic acids is 1. The number of benzene rings is 1. The highest BCUT2D eigenvalue weighted by Crippen LogP contribution is 2.58. The molecule has 1 saturated heterocycles. The van der Waals surface area contributed by atoms with Gasteiger partial charge in [0.1, 0.15) is 18.4 Å². The maximum absolute atomic E-state index is 12.5. The SMILES string of the molecule is CC(C)Oc1ccc(-c2nc(C3=C4C[C@H]5CC(=O)N(CC(=O)O)[C@H]5C4(C)CC=C3)no2)cc1C#N. The van der Waals surface area contributed by atoms with E-state index in [9.17, 15) is 20.0 Å². The summed E-state index contributed by atoms with van der Waals surface area (Å²) >= 11 is 0. The van der Waals surface area contributed by atoms with Crippen molar-refractivity contribution in [2.75, 3.05) is 6.54 Å². The van der Waals surface area contributed by atoms with Crippen molar-refractivity contribution in [3.63, 3.8) is 0 Å². The van der Waals surface area contributed by atoms with Crippen molar-refractivity contribution in [2.45, 2.75) is 52.2 Å². The molecule has 2 aliphatic carbocycles. The Hall–Kier alpha value is -3.93. The Bertz CT molecular complexity index is 1320. The van der Waals surface area contributed by atoms with E-state index in [4.69, 9.17) is 9.26 Å². The fraction of sp³-hybridized carbons (Fsp3) is 0.423. The van der Waals surface area contributed by atoms with Crippen LogP contribution >= 0.6 is 0 Å². The number of nitriles is 1. The predicted molar refractivity (Wildman–Crippen MR) is 125 cm³/mol. The molecule has 1 N–H and O–H groups in total. The molecular formula is C26H26N4O5. The third-order valence-corrected chi connectivity index (χ3v) is 7.18. The van der Waals surface area contributed by atoms with Crippen LogP contribution in [0.5, 0.6) is 5.75 Å². The summed E-state index contributed by atoms with van der Waals surface area (Å²) in [6.45, 7) is 5.60. The zero-order valence-corrected chi connectivity index (χ0v) is 19.8. The second-order valence-corrected chi connectivity index (χ2v) is 9.86. The number of rotatable bonds is 6. The fourth-order valence-electron chi connectivity index (χ4n) is 5.87. The molecule has 9 heteroatoms. The Morgan fingerprint density at radius 3 is 2.91 bits per heavy atom. The maximum atomic E-state index is 12.5. The number of hydrogen-bond acceptors (Lipinski definition) is 7. The molecular weight excluding hydrogens is 448 g/mol. The Morgan fingerprint density at radius 1 is 1.40 bits per heavy atom. The summed E-state index contributed by atoms with van der Waals surface area (Å²) in [6, 6.07) is 7.16. The predicted octanol–water partition coefficient (Wildman–Crippen LogP) is 3.82. The minimum absolute atomic E-state index is 0.0589. The molecule has 3 aliphatic rings. The summed E-state index contributed by atoms with van der Waals surface area (Å²) in [5.41, 5.74) is 2.59. The highest BCUT2D eigenvalue weighted by Gasteiger charge is 2.57. The first-order valence-electron chi connectivity index (χ1n) is 11.7. The van der Waals surface area contributed by atoms with Crippen LogP contribution in [-0.4, -0.2) is 50.7 Å². The summed E-state index contributed by atoms with van der Waals surface area (Å²) < 4.78 is 11.3. The number of amides is 1. The van der Waals surface area contributed by atoms with Crippen LogP contribution in [0, 0.1) is 22.7 Å². The number of fused-ring (bicyclic) bond motifs is 3. The van der Waals surface area contributed by atoms with Gasteiger partial charge in [-0.05, 0) is 50.8 Å². The van der Waals surface area contributed by atoms with Crippen molar-refractivity contribution in [3.05, 3.63) is 47.3 Å². The Balaban J connectivity index is 1.49. The molecule has 1 saturated carbocycles. The summed E-state index contributed by atoms with van der Waals surface area (Å²) in [4.78, 5) is 30.1. The van der Waals surface area contributed by atoms with E-state index in [1.54, 1.807) is 18.2 Å². The molecule has 1 aliphatic heterocycles. The zero-order chi connectivity index (χ0) is 24.9. The summed E-state index contributed by atoms with van der Waals surface area (Å²) in [6.07, 6.45) is 5.71. The average Bonchev–Trinajstić information content (AvgIpc) is 3.47. The highest BCUT2D eigenvalue weighted by atomic mass is 16.5. The largest absolute Gasteiger partial charge is 0.490 e. The molecule has 0 spiro atoms. The van der Waals surface area contributed by atoms with Crippen molar-refractivity contribution in [2.24, 2.45) is 11.3 Å². The third kappa shape index (κ3) is 3.79. The van der Waals surface area contributed by atoms with Gasteiger partial charge in [0.25, 0.3) is 5.89 Å². The molecule has 180 valence electrons. The molecule has 0 bridgehead atoms. The molecule has 2 aromatic rings. The minimum Gasteiger partial charge on any atom is -0.490 e. The number of carbonyl (C=O) groups excluding carboxylic acids is 1. The Labute approximate surface area is 202 Å². The third-order valence-electron chi connectivity index (χ3n) is 7.18. The lowest BCUT2D eigenvalue weighted by atomic mass is 9.73. The molecule has 2 heterocycles. The van der Waals surface area contributed by atoms with E-state index in [2.05, 4.69) is 23.1 Å². The first kappa shape index (κ1) is 22.8. The van der Waals surface area contributed by atoms with E-state index in [0.29, 0.717) is 47.9 Å². The second kappa shape index (κ2) is 8.38. The number of carbonyl (C=O) groups is 2. The number of nitrogens with zero attached hydrogens (tertiary/aromatic N) is 4.